The number of carbonyl (C=O) groups is 3. The number of halogens is 1. The number of rotatable bonds is 4. The van der Waals surface area contributed by atoms with Crippen LogP contribution in [0.1, 0.15) is 18.4 Å². The van der Waals surface area contributed by atoms with Crippen LogP contribution in [-0.2, 0) is 16.1 Å². The molecule has 2 aliphatic rings. The summed E-state index contributed by atoms with van der Waals surface area (Å²) < 4.78 is 0.896. The van der Waals surface area contributed by atoms with Gasteiger partial charge in [-0.15, -0.1) is 0 Å². The highest BCUT2D eigenvalue weighted by molar-refractivity contribution is 9.10. The molecular formula is C16H19BrN4O3. The molecule has 3 rings (SSSR count). The predicted octanol–water partition coefficient (Wildman–Crippen LogP) is 0.739. The molecule has 24 heavy (non-hydrogen) atoms. The van der Waals surface area contributed by atoms with E-state index in [0.29, 0.717) is 19.5 Å². The van der Waals surface area contributed by atoms with Gasteiger partial charge in [0.25, 0.3) is 5.91 Å². The Balaban J connectivity index is 1.59. The molecule has 8 heteroatoms. The summed E-state index contributed by atoms with van der Waals surface area (Å²) in [5.41, 5.74) is 0.0361. The van der Waals surface area contributed by atoms with Crippen LogP contribution in [0.15, 0.2) is 28.7 Å². The Morgan fingerprint density at radius 3 is 2.83 bits per heavy atom. The first-order chi connectivity index (χ1) is 11.5. The lowest BCUT2D eigenvalue weighted by molar-refractivity contribution is -0.135. The third-order valence-electron chi connectivity index (χ3n) is 4.37. The minimum absolute atomic E-state index is 0.267. The maximum Gasteiger partial charge on any atom is 0.325 e. The Bertz CT molecular complexity index is 673. The predicted molar refractivity (Wildman–Crippen MR) is 91.1 cm³/mol. The van der Waals surface area contributed by atoms with Crippen LogP contribution in [0.4, 0.5) is 4.79 Å². The summed E-state index contributed by atoms with van der Waals surface area (Å²) in [5, 5.41) is 8.61. The smallest absolute Gasteiger partial charge is 0.325 e. The Morgan fingerprint density at radius 2 is 2.12 bits per heavy atom. The molecule has 0 aromatic heterocycles. The van der Waals surface area contributed by atoms with Crippen molar-refractivity contribution in [1.29, 1.82) is 0 Å². The highest BCUT2D eigenvalue weighted by Gasteiger charge is 2.51. The van der Waals surface area contributed by atoms with Gasteiger partial charge >= 0.3 is 6.03 Å². The highest BCUT2D eigenvalue weighted by Crippen LogP contribution is 2.24. The Hall–Kier alpha value is -1.93. The van der Waals surface area contributed by atoms with E-state index in [0.717, 1.165) is 27.9 Å². The van der Waals surface area contributed by atoms with Crippen molar-refractivity contribution in [2.24, 2.45) is 0 Å². The molecule has 0 bridgehead atoms. The van der Waals surface area contributed by atoms with Crippen LogP contribution in [0, 0.1) is 0 Å². The van der Waals surface area contributed by atoms with E-state index in [4.69, 9.17) is 0 Å². The molecule has 2 aliphatic heterocycles. The van der Waals surface area contributed by atoms with Crippen LogP contribution >= 0.6 is 15.9 Å². The van der Waals surface area contributed by atoms with Gasteiger partial charge in [-0.25, -0.2) is 4.79 Å². The summed E-state index contributed by atoms with van der Waals surface area (Å²) in [6, 6.07) is 7.04. The van der Waals surface area contributed by atoms with Gasteiger partial charge in [0.05, 0.1) is 0 Å². The first-order valence-electron chi connectivity index (χ1n) is 7.87. The van der Waals surface area contributed by atoms with Gasteiger partial charge in [0.15, 0.2) is 0 Å². The molecular weight excluding hydrogens is 376 g/mol. The molecule has 1 atom stereocenters. The molecule has 2 fully saturated rings. The molecule has 3 N–H and O–H groups in total. The lowest BCUT2D eigenvalue weighted by Crippen LogP contribution is -2.57. The zero-order valence-corrected chi connectivity index (χ0v) is 14.7. The van der Waals surface area contributed by atoms with Gasteiger partial charge < -0.3 is 16.0 Å². The van der Waals surface area contributed by atoms with E-state index in [2.05, 4.69) is 31.9 Å². The van der Waals surface area contributed by atoms with E-state index in [1.807, 2.05) is 24.3 Å². The minimum Gasteiger partial charge on any atom is -0.350 e. The molecule has 4 amide bonds. The summed E-state index contributed by atoms with van der Waals surface area (Å²) in [6.07, 6.45) is 1.41. The van der Waals surface area contributed by atoms with E-state index < -0.39 is 11.6 Å². The molecule has 0 radical (unpaired) electrons. The number of imide groups is 1. The number of hydrogen-bond acceptors (Lipinski definition) is 4. The minimum atomic E-state index is -0.891. The largest absolute Gasteiger partial charge is 0.350 e. The lowest BCUT2D eigenvalue weighted by Gasteiger charge is -2.31. The van der Waals surface area contributed by atoms with Crippen LogP contribution < -0.4 is 16.0 Å². The third-order valence-corrected chi connectivity index (χ3v) is 5.14. The number of amides is 4. The van der Waals surface area contributed by atoms with E-state index in [-0.39, 0.29) is 18.4 Å². The molecule has 128 valence electrons. The fourth-order valence-electron chi connectivity index (χ4n) is 3.05. The maximum atomic E-state index is 12.6. The van der Waals surface area contributed by atoms with Gasteiger partial charge in [0, 0.05) is 17.6 Å². The zero-order chi connectivity index (χ0) is 17.2. The topological polar surface area (TPSA) is 90.5 Å². The second-order valence-electron chi connectivity index (χ2n) is 6.05. The van der Waals surface area contributed by atoms with Crippen molar-refractivity contribution in [2.75, 3.05) is 19.6 Å². The normalized spacial score (nSPS) is 23.5. The van der Waals surface area contributed by atoms with E-state index in [1.54, 1.807) is 0 Å². The number of nitrogens with zero attached hydrogens (tertiary/aromatic N) is 1. The van der Waals surface area contributed by atoms with Gasteiger partial charge in [-0.2, -0.15) is 0 Å². The van der Waals surface area contributed by atoms with Crippen molar-refractivity contribution in [2.45, 2.75) is 24.9 Å². The van der Waals surface area contributed by atoms with Crippen molar-refractivity contribution in [1.82, 2.24) is 20.9 Å². The standard InChI is InChI=1S/C16H19BrN4O3/c17-12-5-2-1-4-11(12)8-19-13(22)9-21-14(23)16(20-15(21)24)6-3-7-18-10-16/h1-2,4-5,18H,3,6-10H2,(H,19,22)(H,20,24). The Morgan fingerprint density at radius 1 is 1.33 bits per heavy atom. The first-order valence-corrected chi connectivity index (χ1v) is 8.66. The van der Waals surface area contributed by atoms with Gasteiger partial charge in [0.2, 0.25) is 5.91 Å². The van der Waals surface area contributed by atoms with E-state index >= 15 is 0 Å². The number of benzene rings is 1. The van der Waals surface area contributed by atoms with Crippen LogP contribution in [0.3, 0.4) is 0 Å². The molecule has 0 aliphatic carbocycles. The fourth-order valence-corrected chi connectivity index (χ4v) is 3.47. The molecule has 1 aromatic carbocycles. The van der Waals surface area contributed by atoms with Crippen molar-refractivity contribution in [3.63, 3.8) is 0 Å². The Labute approximate surface area is 148 Å². The number of nitrogens with one attached hydrogen (secondary N) is 3. The average molecular weight is 395 g/mol. The fraction of sp³-hybridized carbons (Fsp3) is 0.438. The summed E-state index contributed by atoms with van der Waals surface area (Å²) in [7, 11) is 0. The van der Waals surface area contributed by atoms with Crippen molar-refractivity contribution < 1.29 is 14.4 Å². The van der Waals surface area contributed by atoms with Crippen LogP contribution in [0.5, 0.6) is 0 Å². The SMILES string of the molecule is O=C(CN1C(=O)NC2(CCCNC2)C1=O)NCc1ccccc1Br. The summed E-state index contributed by atoms with van der Waals surface area (Å²) in [4.78, 5) is 37.8. The molecule has 2 heterocycles. The van der Waals surface area contributed by atoms with Crippen LogP contribution in [0.25, 0.3) is 0 Å². The highest BCUT2D eigenvalue weighted by atomic mass is 79.9. The van der Waals surface area contributed by atoms with Crippen molar-refractivity contribution >= 4 is 33.8 Å². The second kappa shape index (κ2) is 6.90. The maximum absolute atomic E-state index is 12.6. The van der Waals surface area contributed by atoms with Crippen LogP contribution in [-0.4, -0.2) is 47.9 Å². The summed E-state index contributed by atoms with van der Waals surface area (Å²) in [6.45, 7) is 1.30. The van der Waals surface area contributed by atoms with Gasteiger partial charge in [-0.05, 0) is 31.0 Å². The average Bonchev–Trinajstić information content (AvgIpc) is 2.79. The number of piperidine rings is 1. The molecule has 7 nitrogen and oxygen atoms in total. The van der Waals surface area contributed by atoms with Crippen molar-refractivity contribution in [3.8, 4) is 0 Å². The summed E-state index contributed by atoms with van der Waals surface area (Å²) >= 11 is 3.41. The second-order valence-corrected chi connectivity index (χ2v) is 6.91. The Kier molecular flexibility index (Phi) is 4.86. The molecule has 1 aromatic rings. The van der Waals surface area contributed by atoms with Gasteiger partial charge in [0.1, 0.15) is 12.1 Å². The van der Waals surface area contributed by atoms with Gasteiger partial charge in [-0.3, -0.25) is 14.5 Å². The zero-order valence-electron chi connectivity index (χ0n) is 13.1. The van der Waals surface area contributed by atoms with Crippen molar-refractivity contribution in [3.05, 3.63) is 34.3 Å². The molecule has 2 saturated heterocycles. The van der Waals surface area contributed by atoms with Gasteiger partial charge in [-0.1, -0.05) is 34.1 Å². The lowest BCUT2D eigenvalue weighted by atomic mass is 9.90. The monoisotopic (exact) mass is 394 g/mol. The van der Waals surface area contributed by atoms with E-state index in [9.17, 15) is 14.4 Å². The van der Waals surface area contributed by atoms with Crippen LogP contribution in [0.2, 0.25) is 0 Å². The van der Waals surface area contributed by atoms with E-state index in [1.165, 1.54) is 0 Å². The molecule has 0 saturated carbocycles. The summed E-state index contributed by atoms with van der Waals surface area (Å²) in [5.74, 6) is -0.689. The first kappa shape index (κ1) is 16.9. The number of urea groups is 1. The third kappa shape index (κ3) is 3.29. The molecule has 1 unspecified atom stereocenters. The molecule has 1 spiro atoms. The quantitative estimate of drug-likeness (QED) is 0.656. The number of carbonyl (C=O) groups excluding carboxylic acids is 3. The number of hydrogen-bond donors (Lipinski definition) is 3.